The van der Waals surface area contributed by atoms with E-state index >= 15 is 0 Å². The topological polar surface area (TPSA) is 162 Å². The van der Waals surface area contributed by atoms with Crippen LogP contribution in [-0.4, -0.2) is 49.8 Å². The van der Waals surface area contributed by atoms with Gasteiger partial charge in [0.15, 0.2) is 9.84 Å². The van der Waals surface area contributed by atoms with E-state index in [1.54, 1.807) is 6.07 Å². The van der Waals surface area contributed by atoms with E-state index in [0.29, 0.717) is 11.8 Å². The first-order valence-corrected chi connectivity index (χ1v) is 12.2. The summed E-state index contributed by atoms with van der Waals surface area (Å²) in [6, 6.07) is 8.25. The highest BCUT2D eigenvalue weighted by Gasteiger charge is 2.24. The Bertz CT molecular complexity index is 1180. The quantitative estimate of drug-likeness (QED) is 0.361. The van der Waals surface area contributed by atoms with Crippen LogP contribution in [0, 0.1) is 27.2 Å². The van der Waals surface area contributed by atoms with Crippen molar-refractivity contribution in [1.29, 1.82) is 0 Å². The van der Waals surface area contributed by atoms with Crippen molar-refractivity contribution in [3.05, 3.63) is 67.8 Å². The van der Waals surface area contributed by atoms with Crippen LogP contribution in [0.1, 0.15) is 25.0 Å². The third-order valence-electron chi connectivity index (χ3n) is 5.05. The molecule has 0 fully saturated rings. The summed E-state index contributed by atoms with van der Waals surface area (Å²) in [7, 11) is -3.91. The molecule has 0 radical (unpaired) electrons. The largest absolute Gasteiger partial charge is 0.448 e. The summed E-state index contributed by atoms with van der Waals surface area (Å²) in [4.78, 5) is 34.6. The van der Waals surface area contributed by atoms with Crippen LogP contribution in [0.5, 0.6) is 0 Å². The molecule has 0 aliphatic carbocycles. The molecule has 0 spiro atoms. The van der Waals surface area contributed by atoms with Gasteiger partial charge in [-0.05, 0) is 50.6 Å². The summed E-state index contributed by atoms with van der Waals surface area (Å²) in [5.41, 5.74) is 0.954. The van der Waals surface area contributed by atoms with E-state index in [-0.39, 0.29) is 5.56 Å². The standard InChI is InChI=1S/C21H26N4O8S/c1-4-23(5-2)17-8-9-19(15(3)12-17)22-21(26)33-10-11-34(31,32)14-16-6-7-18(24(27)28)13-20(16)25(29)30/h6-9,12-13H,4-5,10-11,14H2,1-3H3,(H,22,26). The van der Waals surface area contributed by atoms with Gasteiger partial charge in [-0.3, -0.25) is 25.5 Å². The number of nitro groups is 2. The summed E-state index contributed by atoms with van der Waals surface area (Å²) < 4.78 is 29.7. The van der Waals surface area contributed by atoms with Gasteiger partial charge < -0.3 is 9.64 Å². The Labute approximate surface area is 196 Å². The highest BCUT2D eigenvalue weighted by atomic mass is 32.2. The van der Waals surface area contributed by atoms with E-state index in [2.05, 4.69) is 10.2 Å². The average Bonchev–Trinajstić information content (AvgIpc) is 2.76. The molecule has 0 aliphatic rings. The smallest absolute Gasteiger partial charge is 0.411 e. The predicted octanol–water partition coefficient (Wildman–Crippen LogP) is 3.82. The number of carbonyl (C=O) groups is 1. The molecule has 0 unspecified atom stereocenters. The number of nitrogens with one attached hydrogen (secondary N) is 1. The van der Waals surface area contributed by atoms with Gasteiger partial charge in [0.05, 0.1) is 27.4 Å². The van der Waals surface area contributed by atoms with Crippen LogP contribution in [0.4, 0.5) is 27.5 Å². The van der Waals surface area contributed by atoms with E-state index < -0.39 is 55.3 Å². The van der Waals surface area contributed by atoms with Crippen molar-refractivity contribution < 1.29 is 27.8 Å². The van der Waals surface area contributed by atoms with Crippen molar-refractivity contribution in [2.45, 2.75) is 26.5 Å². The first-order chi connectivity index (χ1) is 16.0. The fourth-order valence-corrected chi connectivity index (χ4v) is 4.45. The Morgan fingerprint density at radius 3 is 2.29 bits per heavy atom. The van der Waals surface area contributed by atoms with Crippen LogP contribution < -0.4 is 10.2 Å². The molecule has 12 nitrogen and oxygen atoms in total. The summed E-state index contributed by atoms with van der Waals surface area (Å²) in [5.74, 6) is -1.30. The second kappa shape index (κ2) is 11.4. The van der Waals surface area contributed by atoms with Crippen LogP contribution in [0.25, 0.3) is 0 Å². The SMILES string of the molecule is CCN(CC)c1ccc(NC(=O)OCCS(=O)(=O)Cc2ccc([N+](=O)[O-])cc2[N+](=O)[O-])c(C)c1. The van der Waals surface area contributed by atoms with E-state index in [4.69, 9.17) is 4.74 Å². The Morgan fingerprint density at radius 2 is 1.74 bits per heavy atom. The highest BCUT2D eigenvalue weighted by molar-refractivity contribution is 7.90. The number of ether oxygens (including phenoxy) is 1. The van der Waals surface area contributed by atoms with E-state index in [1.165, 1.54) is 0 Å². The van der Waals surface area contributed by atoms with Gasteiger partial charge in [-0.25, -0.2) is 13.2 Å². The van der Waals surface area contributed by atoms with Crippen molar-refractivity contribution >= 4 is 38.7 Å². The number of sulfone groups is 1. The van der Waals surface area contributed by atoms with Gasteiger partial charge in [-0.1, -0.05) is 0 Å². The summed E-state index contributed by atoms with van der Waals surface area (Å²) >= 11 is 0. The zero-order valence-electron chi connectivity index (χ0n) is 19.0. The maximum Gasteiger partial charge on any atom is 0.411 e. The third kappa shape index (κ3) is 7.13. The number of rotatable bonds is 11. The van der Waals surface area contributed by atoms with Gasteiger partial charge in [0.1, 0.15) is 6.61 Å². The number of benzene rings is 2. The van der Waals surface area contributed by atoms with Crippen LogP contribution >= 0.6 is 0 Å². The van der Waals surface area contributed by atoms with Gasteiger partial charge in [0.25, 0.3) is 11.4 Å². The molecule has 0 saturated carbocycles. The Morgan fingerprint density at radius 1 is 1.06 bits per heavy atom. The van der Waals surface area contributed by atoms with Crippen LogP contribution in [0.15, 0.2) is 36.4 Å². The number of aryl methyl sites for hydroxylation is 1. The molecule has 13 heteroatoms. The Balaban J connectivity index is 1.97. The Hall–Kier alpha value is -3.74. The molecular formula is C21H26N4O8S. The molecule has 2 aromatic rings. The lowest BCUT2D eigenvalue weighted by Gasteiger charge is -2.22. The zero-order chi connectivity index (χ0) is 25.5. The van der Waals surface area contributed by atoms with E-state index in [1.807, 2.05) is 32.9 Å². The second-order valence-electron chi connectivity index (χ2n) is 7.35. The number of nitro benzene ring substituents is 2. The molecule has 1 amide bonds. The van der Waals surface area contributed by atoms with E-state index in [0.717, 1.165) is 36.5 Å². The molecule has 1 N–H and O–H groups in total. The minimum absolute atomic E-state index is 0.191. The molecule has 2 rings (SSSR count). The monoisotopic (exact) mass is 494 g/mol. The number of non-ortho nitro benzene ring substituents is 1. The van der Waals surface area contributed by atoms with Crippen molar-refractivity contribution in [3.63, 3.8) is 0 Å². The van der Waals surface area contributed by atoms with Crippen LogP contribution in [0.3, 0.4) is 0 Å². The average molecular weight is 495 g/mol. The predicted molar refractivity (Wildman–Crippen MR) is 127 cm³/mol. The fraction of sp³-hybridized carbons (Fsp3) is 0.381. The fourth-order valence-electron chi connectivity index (χ4n) is 3.25. The molecule has 0 aromatic heterocycles. The first kappa shape index (κ1) is 26.5. The van der Waals surface area contributed by atoms with Crippen molar-refractivity contribution in [3.8, 4) is 0 Å². The summed E-state index contributed by atoms with van der Waals surface area (Å²) in [6.07, 6.45) is -0.838. The van der Waals surface area contributed by atoms with Crippen LogP contribution in [0.2, 0.25) is 0 Å². The number of hydrogen-bond donors (Lipinski definition) is 1. The third-order valence-corrected chi connectivity index (χ3v) is 6.59. The van der Waals surface area contributed by atoms with Gasteiger partial charge >= 0.3 is 6.09 Å². The van der Waals surface area contributed by atoms with Crippen molar-refractivity contribution in [1.82, 2.24) is 0 Å². The van der Waals surface area contributed by atoms with Gasteiger partial charge in [-0.2, -0.15) is 0 Å². The lowest BCUT2D eigenvalue weighted by Crippen LogP contribution is -2.22. The summed E-state index contributed by atoms with van der Waals surface area (Å²) in [6.45, 7) is 7.10. The van der Waals surface area contributed by atoms with Gasteiger partial charge in [0, 0.05) is 36.1 Å². The zero-order valence-corrected chi connectivity index (χ0v) is 19.8. The minimum Gasteiger partial charge on any atom is -0.448 e. The molecule has 184 valence electrons. The second-order valence-corrected chi connectivity index (χ2v) is 9.54. The normalized spacial score (nSPS) is 11.0. The van der Waals surface area contributed by atoms with Crippen molar-refractivity contribution in [2.24, 2.45) is 0 Å². The minimum atomic E-state index is -3.91. The molecular weight excluding hydrogens is 468 g/mol. The lowest BCUT2D eigenvalue weighted by molar-refractivity contribution is -0.394. The molecule has 0 bridgehead atoms. The first-order valence-electron chi connectivity index (χ1n) is 10.4. The maximum atomic E-state index is 12.4. The highest BCUT2D eigenvalue weighted by Crippen LogP contribution is 2.26. The summed E-state index contributed by atoms with van der Waals surface area (Å²) in [5, 5.41) is 24.6. The van der Waals surface area contributed by atoms with Gasteiger partial charge in [0.2, 0.25) is 0 Å². The molecule has 2 aromatic carbocycles. The molecule has 0 heterocycles. The van der Waals surface area contributed by atoms with Gasteiger partial charge in [-0.15, -0.1) is 0 Å². The number of nitrogens with zero attached hydrogens (tertiary/aromatic N) is 3. The molecule has 0 atom stereocenters. The lowest BCUT2D eigenvalue weighted by atomic mass is 10.1. The number of carbonyl (C=O) groups excluding carboxylic acids is 1. The molecule has 0 aliphatic heterocycles. The number of anilines is 2. The molecule has 0 saturated heterocycles. The number of hydrogen-bond acceptors (Lipinski definition) is 9. The Kier molecular flexibility index (Phi) is 8.90. The van der Waals surface area contributed by atoms with E-state index in [9.17, 15) is 33.4 Å². The number of amides is 1. The molecule has 34 heavy (non-hydrogen) atoms. The van der Waals surface area contributed by atoms with Crippen molar-refractivity contribution in [2.75, 3.05) is 35.7 Å². The maximum absolute atomic E-state index is 12.4. The van der Waals surface area contributed by atoms with Crippen LogP contribution in [-0.2, 0) is 20.3 Å².